The zero-order chi connectivity index (χ0) is 10.8. The van der Waals surface area contributed by atoms with Crippen molar-refractivity contribution in [3.8, 4) is 0 Å². The van der Waals surface area contributed by atoms with Gasteiger partial charge < -0.3 is 10.6 Å². The lowest BCUT2D eigenvalue weighted by atomic mass is 10.1. The van der Waals surface area contributed by atoms with Crippen molar-refractivity contribution in [2.45, 2.75) is 12.5 Å². The van der Waals surface area contributed by atoms with E-state index in [-0.39, 0.29) is 6.04 Å². The van der Waals surface area contributed by atoms with Gasteiger partial charge in [0.05, 0.1) is 0 Å². The molecule has 0 spiro atoms. The fraction of sp³-hybridized carbons (Fsp3) is 1.00. The van der Waals surface area contributed by atoms with E-state index in [1.165, 1.54) is 4.31 Å². The first-order valence-electron chi connectivity index (χ1n) is 4.63. The molecule has 0 radical (unpaired) electrons. The summed E-state index contributed by atoms with van der Waals surface area (Å²) < 4.78 is 23.4. The number of nitrogens with two attached hydrogens (primary N) is 2. The maximum atomic E-state index is 11.0. The lowest BCUT2D eigenvalue weighted by Gasteiger charge is -2.40. The molecule has 1 unspecified atom stereocenters. The number of likely N-dealkylation sites (N-methyl/N-ethyl adjacent to an activating group) is 1. The van der Waals surface area contributed by atoms with Crippen LogP contribution in [-0.2, 0) is 10.2 Å². The van der Waals surface area contributed by atoms with Gasteiger partial charge in [-0.05, 0) is 13.5 Å². The zero-order valence-electron chi connectivity index (χ0n) is 8.39. The van der Waals surface area contributed by atoms with Gasteiger partial charge in [-0.25, -0.2) is 5.14 Å². The van der Waals surface area contributed by atoms with Crippen LogP contribution in [0, 0.1) is 0 Å². The lowest BCUT2D eigenvalue weighted by Crippen LogP contribution is -2.57. The van der Waals surface area contributed by atoms with Crippen LogP contribution in [0.25, 0.3) is 0 Å². The Morgan fingerprint density at radius 3 is 2.57 bits per heavy atom. The molecule has 0 aromatic carbocycles. The highest BCUT2D eigenvalue weighted by atomic mass is 32.2. The summed E-state index contributed by atoms with van der Waals surface area (Å²) in [7, 11) is -1.58. The van der Waals surface area contributed by atoms with E-state index in [0.29, 0.717) is 19.6 Å². The third-order valence-electron chi connectivity index (χ3n) is 2.45. The molecule has 1 fully saturated rings. The van der Waals surface area contributed by atoms with Crippen LogP contribution in [0.2, 0.25) is 0 Å². The van der Waals surface area contributed by atoms with Crippen LogP contribution in [0.15, 0.2) is 0 Å². The fourth-order valence-electron chi connectivity index (χ4n) is 1.61. The van der Waals surface area contributed by atoms with Gasteiger partial charge in [-0.15, -0.1) is 0 Å². The molecular formula is C7H18N4O2S. The normalized spacial score (nSPS) is 23.9. The highest BCUT2D eigenvalue weighted by molar-refractivity contribution is 7.86. The summed E-state index contributed by atoms with van der Waals surface area (Å²) >= 11 is 0. The van der Waals surface area contributed by atoms with E-state index < -0.39 is 10.2 Å². The van der Waals surface area contributed by atoms with Gasteiger partial charge in [0, 0.05) is 32.2 Å². The first-order valence-corrected chi connectivity index (χ1v) is 6.13. The highest BCUT2D eigenvalue weighted by Gasteiger charge is 2.35. The molecule has 1 saturated heterocycles. The van der Waals surface area contributed by atoms with Crippen LogP contribution in [0.3, 0.4) is 0 Å². The molecule has 4 N–H and O–H groups in total. The van der Waals surface area contributed by atoms with Gasteiger partial charge in [0.25, 0.3) is 10.2 Å². The Bertz CT molecular complexity index is 279. The molecule has 7 heteroatoms. The Kier molecular flexibility index (Phi) is 3.85. The van der Waals surface area contributed by atoms with E-state index in [4.69, 9.17) is 10.9 Å². The Morgan fingerprint density at radius 2 is 2.21 bits per heavy atom. The summed E-state index contributed by atoms with van der Waals surface area (Å²) in [6, 6.07) is 0.0292. The van der Waals surface area contributed by atoms with Crippen molar-refractivity contribution in [3.63, 3.8) is 0 Å². The first-order chi connectivity index (χ1) is 6.45. The van der Waals surface area contributed by atoms with Gasteiger partial charge in [0.2, 0.25) is 0 Å². The molecule has 0 saturated carbocycles. The van der Waals surface area contributed by atoms with Crippen molar-refractivity contribution < 1.29 is 8.42 Å². The topological polar surface area (TPSA) is 92.7 Å². The number of hydrogen-bond donors (Lipinski definition) is 2. The molecule has 0 aromatic heterocycles. The molecule has 14 heavy (non-hydrogen) atoms. The average molecular weight is 222 g/mol. The van der Waals surface area contributed by atoms with Gasteiger partial charge >= 0.3 is 0 Å². The van der Waals surface area contributed by atoms with Crippen LogP contribution >= 0.6 is 0 Å². The number of hydrogen-bond acceptors (Lipinski definition) is 4. The van der Waals surface area contributed by atoms with E-state index in [2.05, 4.69) is 0 Å². The third kappa shape index (κ3) is 2.89. The Balaban J connectivity index is 2.40. The summed E-state index contributed by atoms with van der Waals surface area (Å²) in [5, 5.41) is 5.04. The minimum atomic E-state index is -3.50. The minimum Gasteiger partial charge on any atom is -0.329 e. The second-order valence-corrected chi connectivity index (χ2v) is 5.15. The van der Waals surface area contributed by atoms with Gasteiger partial charge in [0.1, 0.15) is 0 Å². The number of rotatable bonds is 5. The zero-order valence-corrected chi connectivity index (χ0v) is 9.20. The largest absolute Gasteiger partial charge is 0.329 e. The van der Waals surface area contributed by atoms with Crippen LogP contribution < -0.4 is 10.9 Å². The van der Waals surface area contributed by atoms with Crippen LogP contribution in [-0.4, -0.2) is 56.9 Å². The Morgan fingerprint density at radius 1 is 1.57 bits per heavy atom. The summed E-state index contributed by atoms with van der Waals surface area (Å²) in [4.78, 5) is 2.02. The quantitative estimate of drug-likeness (QED) is 0.571. The van der Waals surface area contributed by atoms with Crippen molar-refractivity contribution in [1.82, 2.24) is 9.21 Å². The molecule has 1 aliphatic heterocycles. The predicted octanol–water partition coefficient (Wildman–Crippen LogP) is -1.85. The van der Waals surface area contributed by atoms with E-state index in [1.54, 1.807) is 0 Å². The minimum absolute atomic E-state index is 0.0292. The van der Waals surface area contributed by atoms with E-state index >= 15 is 0 Å². The fourth-order valence-corrected chi connectivity index (χ4v) is 2.55. The SMILES string of the molecule is CN(CCN)CC1CCN1S(N)(=O)=O. The predicted molar refractivity (Wildman–Crippen MR) is 54.8 cm³/mol. The van der Waals surface area contributed by atoms with Gasteiger partial charge in [-0.1, -0.05) is 0 Å². The van der Waals surface area contributed by atoms with Crippen molar-refractivity contribution in [3.05, 3.63) is 0 Å². The second kappa shape index (κ2) is 4.54. The standard InChI is InChI=1S/C7H18N4O2S/c1-10(5-3-8)6-7-2-4-11(7)14(9,12)13/h7H,2-6,8H2,1H3,(H2,9,12,13). The molecule has 1 aliphatic rings. The van der Waals surface area contributed by atoms with Crippen LogP contribution in [0.4, 0.5) is 0 Å². The van der Waals surface area contributed by atoms with Crippen molar-refractivity contribution >= 4 is 10.2 Å². The maximum Gasteiger partial charge on any atom is 0.277 e. The molecule has 84 valence electrons. The highest BCUT2D eigenvalue weighted by Crippen LogP contribution is 2.19. The van der Waals surface area contributed by atoms with E-state index in [9.17, 15) is 8.42 Å². The molecule has 0 amide bonds. The molecule has 1 rings (SSSR count). The molecular weight excluding hydrogens is 204 g/mol. The van der Waals surface area contributed by atoms with Crippen molar-refractivity contribution in [1.29, 1.82) is 0 Å². The summed E-state index contributed by atoms with van der Waals surface area (Å²) in [6.07, 6.45) is 0.880. The summed E-state index contributed by atoms with van der Waals surface area (Å²) in [5.74, 6) is 0. The molecule has 6 nitrogen and oxygen atoms in total. The van der Waals surface area contributed by atoms with Gasteiger partial charge in [-0.2, -0.15) is 12.7 Å². The van der Waals surface area contributed by atoms with Gasteiger partial charge in [0.15, 0.2) is 0 Å². The molecule has 1 heterocycles. The molecule has 0 bridgehead atoms. The smallest absolute Gasteiger partial charge is 0.277 e. The summed E-state index contributed by atoms with van der Waals surface area (Å²) in [6.45, 7) is 2.60. The molecule has 1 atom stereocenters. The van der Waals surface area contributed by atoms with Crippen molar-refractivity contribution in [2.75, 3.05) is 33.2 Å². The molecule has 0 aromatic rings. The average Bonchev–Trinajstić information content (AvgIpc) is 1.95. The first kappa shape index (κ1) is 11.9. The van der Waals surface area contributed by atoms with Crippen LogP contribution in [0.1, 0.15) is 6.42 Å². The Labute approximate surface area is 85.0 Å². The second-order valence-electron chi connectivity index (χ2n) is 3.65. The van der Waals surface area contributed by atoms with Crippen LogP contribution in [0.5, 0.6) is 0 Å². The van der Waals surface area contributed by atoms with E-state index in [0.717, 1.165) is 13.0 Å². The maximum absolute atomic E-state index is 11.0. The third-order valence-corrected chi connectivity index (χ3v) is 3.58. The number of nitrogens with zero attached hydrogens (tertiary/aromatic N) is 2. The van der Waals surface area contributed by atoms with Crippen molar-refractivity contribution in [2.24, 2.45) is 10.9 Å². The summed E-state index contributed by atoms with van der Waals surface area (Å²) in [5.41, 5.74) is 5.39. The van der Waals surface area contributed by atoms with E-state index in [1.807, 2.05) is 11.9 Å². The Hall–Kier alpha value is -0.210. The monoisotopic (exact) mass is 222 g/mol. The van der Waals surface area contributed by atoms with Gasteiger partial charge in [-0.3, -0.25) is 0 Å². The lowest BCUT2D eigenvalue weighted by molar-refractivity contribution is 0.148. The molecule has 0 aliphatic carbocycles.